The van der Waals surface area contributed by atoms with E-state index in [9.17, 15) is 8.42 Å². The molecular formula is C13H14O2S. The van der Waals surface area contributed by atoms with Crippen molar-refractivity contribution in [3.63, 3.8) is 0 Å². The highest BCUT2D eigenvalue weighted by molar-refractivity contribution is 7.91. The lowest BCUT2D eigenvalue weighted by Crippen LogP contribution is -2.06. The maximum atomic E-state index is 12.0. The van der Waals surface area contributed by atoms with Gasteiger partial charge in [0.15, 0.2) is 9.84 Å². The standard InChI is InChI=1S/C13H14O2S/c1-2-10-16(14,15)13-9-5-7-11-6-3-4-8-12(11)13/h3-9H,2,10H2,1H3. The molecule has 0 fully saturated rings. The molecule has 3 heteroatoms. The number of benzene rings is 2. The van der Waals surface area contributed by atoms with Gasteiger partial charge in [-0.2, -0.15) is 0 Å². The van der Waals surface area contributed by atoms with E-state index in [1.165, 1.54) is 0 Å². The molecule has 0 atom stereocenters. The van der Waals surface area contributed by atoms with Crippen LogP contribution < -0.4 is 0 Å². The Morgan fingerprint density at radius 3 is 2.44 bits per heavy atom. The molecule has 2 nitrogen and oxygen atoms in total. The summed E-state index contributed by atoms with van der Waals surface area (Å²) < 4.78 is 24.1. The molecule has 0 saturated carbocycles. The second-order valence-corrected chi connectivity index (χ2v) is 5.87. The van der Waals surface area contributed by atoms with E-state index in [0.29, 0.717) is 11.3 Å². The van der Waals surface area contributed by atoms with Crippen LogP contribution in [0.4, 0.5) is 0 Å². The van der Waals surface area contributed by atoms with Gasteiger partial charge in [0, 0.05) is 5.39 Å². The largest absolute Gasteiger partial charge is 0.224 e. The predicted molar refractivity (Wildman–Crippen MR) is 66.3 cm³/mol. The van der Waals surface area contributed by atoms with Crippen LogP contribution in [0.3, 0.4) is 0 Å². The van der Waals surface area contributed by atoms with E-state index in [4.69, 9.17) is 0 Å². The second-order valence-electron chi connectivity index (χ2n) is 3.80. The molecule has 2 aromatic carbocycles. The SMILES string of the molecule is CCCS(=O)(=O)c1cccc2ccccc12. The first-order chi connectivity index (χ1) is 7.65. The molecule has 0 radical (unpaired) electrons. The fourth-order valence-electron chi connectivity index (χ4n) is 1.85. The van der Waals surface area contributed by atoms with Gasteiger partial charge in [-0.1, -0.05) is 43.3 Å². The Kier molecular flexibility index (Phi) is 2.97. The second kappa shape index (κ2) is 4.26. The summed E-state index contributed by atoms with van der Waals surface area (Å²) >= 11 is 0. The number of rotatable bonds is 3. The molecule has 0 bridgehead atoms. The first kappa shape index (κ1) is 11.1. The number of hydrogen-bond donors (Lipinski definition) is 0. The quantitative estimate of drug-likeness (QED) is 0.818. The minimum Gasteiger partial charge on any atom is -0.224 e. The van der Waals surface area contributed by atoms with Crippen LogP contribution in [0, 0.1) is 0 Å². The van der Waals surface area contributed by atoms with Crippen LogP contribution in [0.5, 0.6) is 0 Å². The van der Waals surface area contributed by atoms with E-state index in [1.807, 2.05) is 37.3 Å². The van der Waals surface area contributed by atoms with Gasteiger partial charge < -0.3 is 0 Å². The molecule has 0 N–H and O–H groups in total. The Bertz CT molecular complexity index is 595. The molecule has 0 aromatic heterocycles. The summed E-state index contributed by atoms with van der Waals surface area (Å²) in [6, 6.07) is 13.0. The minimum absolute atomic E-state index is 0.209. The lowest BCUT2D eigenvalue weighted by atomic mass is 10.1. The van der Waals surface area contributed by atoms with Gasteiger partial charge in [0.1, 0.15) is 0 Å². The Labute approximate surface area is 95.8 Å². The highest BCUT2D eigenvalue weighted by atomic mass is 32.2. The monoisotopic (exact) mass is 234 g/mol. The van der Waals surface area contributed by atoms with Crippen molar-refractivity contribution < 1.29 is 8.42 Å². The molecule has 0 spiro atoms. The zero-order valence-electron chi connectivity index (χ0n) is 9.18. The average molecular weight is 234 g/mol. The van der Waals surface area contributed by atoms with Crippen LogP contribution in [0.1, 0.15) is 13.3 Å². The maximum absolute atomic E-state index is 12.0. The third-order valence-corrected chi connectivity index (χ3v) is 4.53. The molecule has 2 aromatic rings. The zero-order chi connectivity index (χ0) is 11.6. The van der Waals surface area contributed by atoms with Crippen LogP contribution in [0.2, 0.25) is 0 Å². The number of sulfone groups is 1. The van der Waals surface area contributed by atoms with E-state index in [-0.39, 0.29) is 5.75 Å². The summed E-state index contributed by atoms with van der Waals surface area (Å²) in [6.45, 7) is 1.88. The summed E-state index contributed by atoms with van der Waals surface area (Å²) in [5.41, 5.74) is 0. The first-order valence-corrected chi connectivity index (χ1v) is 7.01. The Morgan fingerprint density at radius 2 is 1.69 bits per heavy atom. The van der Waals surface area contributed by atoms with E-state index < -0.39 is 9.84 Å². The molecular weight excluding hydrogens is 220 g/mol. The molecule has 0 heterocycles. The minimum atomic E-state index is -3.14. The van der Waals surface area contributed by atoms with Crippen molar-refractivity contribution in [1.82, 2.24) is 0 Å². The maximum Gasteiger partial charge on any atom is 0.178 e. The van der Waals surface area contributed by atoms with Gasteiger partial charge in [0.25, 0.3) is 0 Å². The smallest absolute Gasteiger partial charge is 0.178 e. The first-order valence-electron chi connectivity index (χ1n) is 5.35. The van der Waals surface area contributed by atoms with Crippen LogP contribution in [-0.4, -0.2) is 14.2 Å². The van der Waals surface area contributed by atoms with Crippen molar-refractivity contribution >= 4 is 20.6 Å². The van der Waals surface area contributed by atoms with Crippen molar-refractivity contribution in [2.45, 2.75) is 18.2 Å². The summed E-state index contributed by atoms with van der Waals surface area (Å²) in [6.07, 6.45) is 0.644. The summed E-state index contributed by atoms with van der Waals surface area (Å²) in [5.74, 6) is 0.209. The van der Waals surface area contributed by atoms with E-state index in [1.54, 1.807) is 12.1 Å². The Morgan fingerprint density at radius 1 is 1.00 bits per heavy atom. The molecule has 0 saturated heterocycles. The number of fused-ring (bicyclic) bond motifs is 1. The molecule has 0 aliphatic heterocycles. The van der Waals surface area contributed by atoms with Crippen LogP contribution >= 0.6 is 0 Å². The molecule has 0 aliphatic carbocycles. The predicted octanol–water partition coefficient (Wildman–Crippen LogP) is 3.02. The van der Waals surface area contributed by atoms with Crippen molar-refractivity contribution in [3.8, 4) is 0 Å². The van der Waals surface area contributed by atoms with Gasteiger partial charge in [-0.05, 0) is 17.9 Å². The van der Waals surface area contributed by atoms with E-state index in [0.717, 1.165) is 10.8 Å². The van der Waals surface area contributed by atoms with Crippen LogP contribution in [0.15, 0.2) is 47.4 Å². The fraction of sp³-hybridized carbons (Fsp3) is 0.231. The lowest BCUT2D eigenvalue weighted by Gasteiger charge is -2.06. The Hall–Kier alpha value is -1.35. The average Bonchev–Trinajstić information content (AvgIpc) is 2.28. The van der Waals surface area contributed by atoms with Gasteiger partial charge in [0.05, 0.1) is 10.6 Å². The lowest BCUT2D eigenvalue weighted by molar-refractivity contribution is 0.595. The third-order valence-electron chi connectivity index (χ3n) is 2.56. The zero-order valence-corrected chi connectivity index (χ0v) is 10.00. The van der Waals surface area contributed by atoms with Crippen molar-refractivity contribution in [2.24, 2.45) is 0 Å². The Balaban J connectivity index is 2.70. The van der Waals surface area contributed by atoms with E-state index in [2.05, 4.69) is 0 Å². The summed E-state index contributed by atoms with van der Waals surface area (Å²) in [4.78, 5) is 0.451. The van der Waals surface area contributed by atoms with Crippen LogP contribution in [-0.2, 0) is 9.84 Å². The van der Waals surface area contributed by atoms with Crippen LogP contribution in [0.25, 0.3) is 10.8 Å². The van der Waals surface area contributed by atoms with Gasteiger partial charge in [-0.3, -0.25) is 0 Å². The summed E-state index contributed by atoms with van der Waals surface area (Å²) in [5, 5.41) is 1.79. The molecule has 16 heavy (non-hydrogen) atoms. The highest BCUT2D eigenvalue weighted by Gasteiger charge is 2.15. The normalized spacial score (nSPS) is 11.8. The highest BCUT2D eigenvalue weighted by Crippen LogP contribution is 2.23. The molecule has 0 amide bonds. The topological polar surface area (TPSA) is 34.1 Å². The van der Waals surface area contributed by atoms with Crippen molar-refractivity contribution in [3.05, 3.63) is 42.5 Å². The van der Waals surface area contributed by atoms with Gasteiger partial charge in [-0.25, -0.2) is 8.42 Å². The molecule has 0 unspecified atom stereocenters. The van der Waals surface area contributed by atoms with Gasteiger partial charge >= 0.3 is 0 Å². The van der Waals surface area contributed by atoms with Gasteiger partial charge in [-0.15, -0.1) is 0 Å². The number of hydrogen-bond acceptors (Lipinski definition) is 2. The summed E-state index contributed by atoms with van der Waals surface area (Å²) in [7, 11) is -3.14. The van der Waals surface area contributed by atoms with Crippen molar-refractivity contribution in [2.75, 3.05) is 5.75 Å². The molecule has 0 aliphatic rings. The van der Waals surface area contributed by atoms with E-state index >= 15 is 0 Å². The van der Waals surface area contributed by atoms with Crippen molar-refractivity contribution in [1.29, 1.82) is 0 Å². The molecule has 84 valence electrons. The van der Waals surface area contributed by atoms with Gasteiger partial charge in [0.2, 0.25) is 0 Å². The fourth-order valence-corrected chi connectivity index (χ4v) is 3.41. The molecule has 2 rings (SSSR count). The third kappa shape index (κ3) is 1.95.